The molecule has 1 aromatic rings. The molecule has 4 nitrogen and oxygen atoms in total. The largest absolute Gasteiger partial charge is 0.480 e. The normalized spacial score (nSPS) is 12.2. The van der Waals surface area contributed by atoms with Crippen molar-refractivity contribution >= 4 is 11.8 Å². The minimum absolute atomic E-state index is 0.00557. The summed E-state index contributed by atoms with van der Waals surface area (Å²) in [7, 11) is 0. The summed E-state index contributed by atoms with van der Waals surface area (Å²) in [5, 5.41) is 11.0. The number of benzene rings is 1. The van der Waals surface area contributed by atoms with Gasteiger partial charge >= 0.3 is 5.97 Å². The number of rotatable bonds is 5. The third-order valence-electron chi connectivity index (χ3n) is 2.18. The molecule has 0 radical (unpaired) electrons. The van der Waals surface area contributed by atoms with Crippen molar-refractivity contribution in [3.8, 4) is 0 Å². The van der Waals surface area contributed by atoms with Gasteiger partial charge in [-0.1, -0.05) is 0 Å². The molecule has 0 spiro atoms. The summed E-state index contributed by atoms with van der Waals surface area (Å²) in [6.45, 7) is 1.12. The second-order valence-electron chi connectivity index (χ2n) is 3.49. The second kappa shape index (κ2) is 5.49. The van der Waals surface area contributed by atoms with Crippen molar-refractivity contribution in [1.82, 2.24) is 5.32 Å². The molecule has 92 valence electrons. The number of carboxylic acids is 1. The molecule has 0 saturated heterocycles. The van der Waals surface area contributed by atoms with Gasteiger partial charge < -0.3 is 5.11 Å². The number of hydrogen-bond acceptors (Lipinski definition) is 3. The van der Waals surface area contributed by atoms with Crippen LogP contribution in [0.25, 0.3) is 0 Å². The minimum Gasteiger partial charge on any atom is -0.480 e. The quantitative estimate of drug-likeness (QED) is 0.763. The van der Waals surface area contributed by atoms with Crippen LogP contribution in [0.3, 0.4) is 0 Å². The zero-order valence-electron chi connectivity index (χ0n) is 9.04. The van der Waals surface area contributed by atoms with Gasteiger partial charge in [-0.15, -0.1) is 0 Å². The molecule has 0 amide bonds. The Bertz CT molecular complexity index is 448. The maximum absolute atomic E-state index is 12.8. The minimum atomic E-state index is -1.11. The molecule has 1 rings (SSSR count). The van der Waals surface area contributed by atoms with Crippen LogP contribution in [0.1, 0.15) is 17.3 Å². The molecular weight excluding hydrogens is 232 g/mol. The lowest BCUT2D eigenvalue weighted by atomic mass is 10.1. The number of ketones is 1. The topological polar surface area (TPSA) is 66.4 Å². The molecule has 0 saturated carbocycles. The van der Waals surface area contributed by atoms with Gasteiger partial charge in [0.1, 0.15) is 6.04 Å². The Morgan fingerprint density at radius 2 is 2.00 bits per heavy atom. The van der Waals surface area contributed by atoms with Crippen LogP contribution in [0.15, 0.2) is 18.2 Å². The molecule has 0 aromatic heterocycles. The predicted molar refractivity (Wildman–Crippen MR) is 55.8 cm³/mol. The van der Waals surface area contributed by atoms with Crippen molar-refractivity contribution in [2.75, 3.05) is 6.54 Å². The summed E-state index contributed by atoms with van der Waals surface area (Å²) in [5.74, 6) is -3.74. The van der Waals surface area contributed by atoms with Crippen molar-refractivity contribution in [2.45, 2.75) is 13.0 Å². The van der Waals surface area contributed by atoms with Crippen LogP contribution in [0.2, 0.25) is 0 Å². The van der Waals surface area contributed by atoms with Crippen molar-refractivity contribution in [2.24, 2.45) is 0 Å². The monoisotopic (exact) mass is 243 g/mol. The van der Waals surface area contributed by atoms with E-state index in [0.29, 0.717) is 0 Å². The fourth-order valence-electron chi connectivity index (χ4n) is 1.10. The number of carbonyl (C=O) groups is 2. The van der Waals surface area contributed by atoms with Crippen LogP contribution in [-0.4, -0.2) is 29.4 Å². The third-order valence-corrected chi connectivity index (χ3v) is 2.18. The van der Waals surface area contributed by atoms with Gasteiger partial charge in [-0.2, -0.15) is 0 Å². The fourth-order valence-corrected chi connectivity index (χ4v) is 1.10. The van der Waals surface area contributed by atoms with E-state index in [9.17, 15) is 18.4 Å². The Labute approximate surface area is 96.3 Å². The average molecular weight is 243 g/mol. The highest BCUT2D eigenvalue weighted by Crippen LogP contribution is 2.08. The van der Waals surface area contributed by atoms with Crippen LogP contribution in [0, 0.1) is 11.6 Å². The standard InChI is InChI=1S/C11H11F2NO3/c1-6(11(16)17)14-5-10(15)7-2-3-8(12)9(13)4-7/h2-4,6,14H,5H2,1H3,(H,16,17). The molecule has 0 aliphatic heterocycles. The van der Waals surface area contributed by atoms with Crippen LogP contribution >= 0.6 is 0 Å². The van der Waals surface area contributed by atoms with Crippen molar-refractivity contribution in [3.63, 3.8) is 0 Å². The Morgan fingerprint density at radius 3 is 2.53 bits per heavy atom. The second-order valence-corrected chi connectivity index (χ2v) is 3.49. The molecule has 6 heteroatoms. The van der Waals surface area contributed by atoms with E-state index in [1.807, 2.05) is 0 Å². The molecule has 1 unspecified atom stereocenters. The highest BCUT2D eigenvalue weighted by molar-refractivity contribution is 5.97. The third kappa shape index (κ3) is 3.60. The van der Waals surface area contributed by atoms with E-state index in [4.69, 9.17) is 5.11 Å². The van der Waals surface area contributed by atoms with Crippen molar-refractivity contribution in [1.29, 1.82) is 0 Å². The van der Waals surface area contributed by atoms with Crippen LogP contribution < -0.4 is 5.32 Å². The van der Waals surface area contributed by atoms with Gasteiger partial charge in [-0.05, 0) is 25.1 Å². The number of aliphatic carboxylic acids is 1. The van der Waals surface area contributed by atoms with E-state index in [1.54, 1.807) is 0 Å². The van der Waals surface area contributed by atoms with Gasteiger partial charge in [-0.25, -0.2) is 8.78 Å². The van der Waals surface area contributed by atoms with Gasteiger partial charge in [0.25, 0.3) is 0 Å². The molecule has 2 N–H and O–H groups in total. The van der Waals surface area contributed by atoms with Crippen LogP contribution in [0.5, 0.6) is 0 Å². The lowest BCUT2D eigenvalue weighted by molar-refractivity contribution is -0.138. The first-order valence-corrected chi connectivity index (χ1v) is 4.86. The Hall–Kier alpha value is -1.82. The molecule has 0 fully saturated rings. The van der Waals surface area contributed by atoms with E-state index in [0.717, 1.165) is 18.2 Å². The molecule has 17 heavy (non-hydrogen) atoms. The van der Waals surface area contributed by atoms with Gasteiger partial charge in [0, 0.05) is 5.56 Å². The maximum atomic E-state index is 12.8. The smallest absolute Gasteiger partial charge is 0.320 e. The number of halogens is 2. The van der Waals surface area contributed by atoms with Crippen LogP contribution in [-0.2, 0) is 4.79 Å². The summed E-state index contributed by atoms with van der Waals surface area (Å²) in [6.07, 6.45) is 0. The van der Waals surface area contributed by atoms with Gasteiger partial charge in [-0.3, -0.25) is 14.9 Å². The highest BCUT2D eigenvalue weighted by Gasteiger charge is 2.14. The first kappa shape index (κ1) is 13.2. The molecule has 0 aliphatic rings. The summed E-state index contributed by atoms with van der Waals surface area (Å²) in [6, 6.07) is 1.89. The number of carbonyl (C=O) groups excluding carboxylic acids is 1. The van der Waals surface area contributed by atoms with Crippen molar-refractivity contribution < 1.29 is 23.5 Å². The average Bonchev–Trinajstić information content (AvgIpc) is 2.28. The van der Waals surface area contributed by atoms with E-state index >= 15 is 0 Å². The van der Waals surface area contributed by atoms with Gasteiger partial charge in [0.15, 0.2) is 17.4 Å². The summed E-state index contributed by atoms with van der Waals surface area (Å²) < 4.78 is 25.4. The number of carboxylic acid groups (broad SMARTS) is 1. The fraction of sp³-hybridized carbons (Fsp3) is 0.273. The predicted octanol–water partition coefficient (Wildman–Crippen LogP) is 1.21. The number of Topliss-reactive ketones (excluding diaryl/α,β-unsaturated/α-hetero) is 1. The Morgan fingerprint density at radius 1 is 1.35 bits per heavy atom. The molecule has 1 atom stereocenters. The first-order chi connectivity index (χ1) is 7.91. The molecule has 1 aromatic carbocycles. The van der Waals surface area contributed by atoms with Gasteiger partial charge in [0.05, 0.1) is 6.54 Å². The van der Waals surface area contributed by atoms with E-state index in [2.05, 4.69) is 5.32 Å². The van der Waals surface area contributed by atoms with Crippen LogP contribution in [0.4, 0.5) is 8.78 Å². The number of hydrogen-bond donors (Lipinski definition) is 2. The van der Waals surface area contributed by atoms with E-state index in [1.165, 1.54) is 6.92 Å². The van der Waals surface area contributed by atoms with Crippen molar-refractivity contribution in [3.05, 3.63) is 35.4 Å². The maximum Gasteiger partial charge on any atom is 0.320 e. The molecule has 0 bridgehead atoms. The van der Waals surface area contributed by atoms with Gasteiger partial charge in [0.2, 0.25) is 0 Å². The highest BCUT2D eigenvalue weighted by atomic mass is 19.2. The Balaban J connectivity index is 2.64. The molecule has 0 heterocycles. The zero-order chi connectivity index (χ0) is 13.0. The molecule has 0 aliphatic carbocycles. The van der Waals surface area contributed by atoms with E-state index in [-0.39, 0.29) is 12.1 Å². The summed E-state index contributed by atoms with van der Waals surface area (Å²) in [4.78, 5) is 22.0. The summed E-state index contributed by atoms with van der Waals surface area (Å²) >= 11 is 0. The first-order valence-electron chi connectivity index (χ1n) is 4.86. The lowest BCUT2D eigenvalue weighted by Gasteiger charge is -2.08. The van der Waals surface area contributed by atoms with E-state index < -0.39 is 29.4 Å². The Kier molecular flexibility index (Phi) is 4.28. The zero-order valence-corrected chi connectivity index (χ0v) is 9.04. The SMILES string of the molecule is CC(NCC(=O)c1ccc(F)c(F)c1)C(=O)O. The molecular formula is C11H11F2NO3. The summed E-state index contributed by atoms with van der Waals surface area (Å²) in [5.41, 5.74) is -0.00557. The number of nitrogens with one attached hydrogen (secondary N) is 1. The lowest BCUT2D eigenvalue weighted by Crippen LogP contribution is -2.37.